The minimum absolute atomic E-state index is 0.240. The second-order valence-electron chi connectivity index (χ2n) is 6.18. The summed E-state index contributed by atoms with van der Waals surface area (Å²) in [6, 6.07) is 0.240. The summed E-state index contributed by atoms with van der Waals surface area (Å²) < 4.78 is 0. The van der Waals surface area contributed by atoms with Gasteiger partial charge in [0.25, 0.3) is 0 Å². The molecule has 0 aromatic rings. The van der Waals surface area contributed by atoms with Gasteiger partial charge in [-0.3, -0.25) is 0 Å². The van der Waals surface area contributed by atoms with Crippen LogP contribution in [0.5, 0.6) is 0 Å². The van der Waals surface area contributed by atoms with Crippen molar-refractivity contribution in [1.29, 1.82) is 0 Å². The van der Waals surface area contributed by atoms with E-state index >= 15 is 0 Å². The molecule has 1 aliphatic heterocycles. The molecule has 1 heterocycles. The zero-order valence-electron chi connectivity index (χ0n) is 14.3. The quantitative estimate of drug-likeness (QED) is 0.598. The Morgan fingerprint density at radius 3 is 2.52 bits per heavy atom. The second kappa shape index (κ2) is 7.85. The Kier molecular flexibility index (Phi) is 5.84. The molecule has 126 valence electrons. The predicted molar refractivity (Wildman–Crippen MR) is 97.1 cm³/mol. The number of hydrogen-bond acceptors (Lipinski definition) is 4. The molecule has 6 nitrogen and oxygen atoms in total. The first-order valence-electron chi connectivity index (χ1n) is 8.07. The molecule has 0 aromatic carbocycles. The minimum Gasteiger partial charge on any atom is -0.381 e. The van der Waals surface area contributed by atoms with Gasteiger partial charge in [-0.25, -0.2) is 9.98 Å². The Hall–Kier alpha value is -2.24. The lowest BCUT2D eigenvalue weighted by atomic mass is 10.1. The maximum atomic E-state index is 5.62. The van der Waals surface area contributed by atoms with Gasteiger partial charge in [0.1, 0.15) is 0 Å². The number of allylic oxidation sites excluding steroid dienone is 4. The summed E-state index contributed by atoms with van der Waals surface area (Å²) in [7, 11) is 4.16. The van der Waals surface area contributed by atoms with Crippen LogP contribution < -0.4 is 11.1 Å². The van der Waals surface area contributed by atoms with Crippen molar-refractivity contribution in [3.05, 3.63) is 35.9 Å². The fourth-order valence-corrected chi connectivity index (χ4v) is 2.86. The van der Waals surface area contributed by atoms with Crippen molar-refractivity contribution in [1.82, 2.24) is 15.1 Å². The average Bonchev–Trinajstić information content (AvgIpc) is 2.55. The van der Waals surface area contributed by atoms with Crippen molar-refractivity contribution in [2.75, 3.05) is 27.2 Å². The zero-order valence-corrected chi connectivity index (χ0v) is 14.3. The third kappa shape index (κ3) is 4.87. The van der Waals surface area contributed by atoms with E-state index in [0.29, 0.717) is 0 Å². The summed E-state index contributed by atoms with van der Waals surface area (Å²) in [5.41, 5.74) is 8.19. The third-order valence-electron chi connectivity index (χ3n) is 4.33. The Labute approximate surface area is 139 Å². The Morgan fingerprint density at radius 1 is 1.30 bits per heavy atom. The molecule has 0 aromatic heterocycles. The van der Waals surface area contributed by atoms with Crippen LogP contribution in [-0.2, 0) is 0 Å². The highest BCUT2D eigenvalue weighted by Gasteiger charge is 2.20. The van der Waals surface area contributed by atoms with E-state index in [1.807, 2.05) is 0 Å². The molecule has 1 fully saturated rings. The largest absolute Gasteiger partial charge is 0.381 e. The number of guanidine groups is 1. The number of hydrogen-bond donors (Lipinski definition) is 2. The molecule has 0 atom stereocenters. The molecule has 2 aliphatic rings. The molecule has 0 bridgehead atoms. The molecular formula is C17H28N6. The average molecular weight is 316 g/mol. The van der Waals surface area contributed by atoms with Gasteiger partial charge in [-0.2, -0.15) is 0 Å². The van der Waals surface area contributed by atoms with Gasteiger partial charge in [-0.05, 0) is 44.6 Å². The first-order chi connectivity index (χ1) is 11.0. The van der Waals surface area contributed by atoms with Crippen LogP contribution in [0, 0.1) is 0 Å². The van der Waals surface area contributed by atoms with Gasteiger partial charge in [0.15, 0.2) is 0 Å². The normalized spacial score (nSPS) is 19.7. The van der Waals surface area contributed by atoms with Crippen LogP contribution in [-0.4, -0.2) is 55.7 Å². The Bertz CT molecular complexity index is 535. The Morgan fingerprint density at radius 2 is 2.00 bits per heavy atom. The maximum Gasteiger partial charge on any atom is 0.214 e. The van der Waals surface area contributed by atoms with Crippen molar-refractivity contribution in [2.24, 2.45) is 15.7 Å². The molecule has 23 heavy (non-hydrogen) atoms. The van der Waals surface area contributed by atoms with Gasteiger partial charge in [-0.1, -0.05) is 6.58 Å². The predicted octanol–water partition coefficient (Wildman–Crippen LogP) is 1.65. The van der Waals surface area contributed by atoms with E-state index in [4.69, 9.17) is 5.73 Å². The summed E-state index contributed by atoms with van der Waals surface area (Å²) in [5, 5.41) is 3.46. The van der Waals surface area contributed by atoms with Gasteiger partial charge >= 0.3 is 0 Å². The van der Waals surface area contributed by atoms with E-state index in [2.05, 4.69) is 64.6 Å². The molecule has 3 N–H and O–H groups in total. The van der Waals surface area contributed by atoms with E-state index in [1.165, 1.54) is 11.4 Å². The number of rotatable bonds is 5. The maximum absolute atomic E-state index is 5.62. The first-order valence-corrected chi connectivity index (χ1v) is 8.07. The number of aliphatic imine (C=N–C) groups is 2. The van der Waals surface area contributed by atoms with Crippen molar-refractivity contribution in [2.45, 2.75) is 31.7 Å². The van der Waals surface area contributed by atoms with E-state index in [-0.39, 0.29) is 12.0 Å². The lowest BCUT2D eigenvalue weighted by molar-refractivity contribution is 0.254. The summed E-state index contributed by atoms with van der Waals surface area (Å²) in [6.45, 7) is 9.43. The highest BCUT2D eigenvalue weighted by atomic mass is 15.2. The van der Waals surface area contributed by atoms with Crippen LogP contribution >= 0.6 is 0 Å². The molecule has 2 rings (SSSR count). The van der Waals surface area contributed by atoms with Crippen LogP contribution in [0.1, 0.15) is 25.7 Å². The number of likely N-dealkylation sites (tertiary alicyclic amines) is 1. The van der Waals surface area contributed by atoms with Crippen molar-refractivity contribution in [3.63, 3.8) is 0 Å². The number of nitrogens with two attached hydrogens (primary N) is 1. The van der Waals surface area contributed by atoms with Gasteiger partial charge < -0.3 is 20.9 Å². The second-order valence-corrected chi connectivity index (χ2v) is 6.18. The van der Waals surface area contributed by atoms with E-state index < -0.39 is 0 Å². The number of piperidine rings is 1. The first kappa shape index (κ1) is 17.1. The van der Waals surface area contributed by atoms with Crippen LogP contribution in [0.25, 0.3) is 0 Å². The molecule has 1 saturated heterocycles. The van der Waals surface area contributed by atoms with Crippen molar-refractivity contribution < 1.29 is 0 Å². The molecule has 1 aliphatic carbocycles. The highest BCUT2D eigenvalue weighted by Crippen LogP contribution is 2.21. The summed E-state index contributed by atoms with van der Waals surface area (Å²) in [4.78, 5) is 12.4. The van der Waals surface area contributed by atoms with Gasteiger partial charge in [0.05, 0.1) is 11.9 Å². The molecule has 0 amide bonds. The van der Waals surface area contributed by atoms with Gasteiger partial charge in [-0.15, -0.1) is 0 Å². The lowest BCUT2D eigenvalue weighted by Crippen LogP contribution is -2.39. The topological polar surface area (TPSA) is 69.2 Å². The van der Waals surface area contributed by atoms with E-state index in [9.17, 15) is 0 Å². The molecule has 0 radical (unpaired) electrons. The molecule has 0 saturated carbocycles. The smallest absolute Gasteiger partial charge is 0.214 e. The van der Waals surface area contributed by atoms with Crippen LogP contribution in [0.15, 0.2) is 45.9 Å². The summed E-state index contributed by atoms with van der Waals surface area (Å²) >= 11 is 0. The van der Waals surface area contributed by atoms with Gasteiger partial charge in [0, 0.05) is 38.6 Å². The van der Waals surface area contributed by atoms with Crippen LogP contribution in [0.4, 0.5) is 0 Å². The Balaban J connectivity index is 1.83. The molecular weight excluding hydrogens is 288 g/mol. The third-order valence-corrected chi connectivity index (χ3v) is 4.33. The summed E-state index contributed by atoms with van der Waals surface area (Å²) in [5.74, 6) is 1.26. The van der Waals surface area contributed by atoms with Crippen molar-refractivity contribution >= 4 is 12.7 Å². The summed E-state index contributed by atoms with van der Waals surface area (Å²) in [6.07, 6.45) is 8.32. The van der Waals surface area contributed by atoms with Gasteiger partial charge in [0.2, 0.25) is 5.96 Å². The van der Waals surface area contributed by atoms with Crippen LogP contribution in [0.2, 0.25) is 0 Å². The number of nitrogens with zero attached hydrogens (tertiary/aromatic N) is 4. The molecule has 0 spiro atoms. The van der Waals surface area contributed by atoms with Crippen LogP contribution in [0.3, 0.4) is 0 Å². The highest BCUT2D eigenvalue weighted by molar-refractivity contribution is 5.82. The van der Waals surface area contributed by atoms with E-state index in [1.54, 1.807) is 0 Å². The number of nitrogens with one attached hydrogen (secondary N) is 1. The minimum atomic E-state index is 0.240. The SMILES string of the molecule is C=NC(N)=NC1CCN(C(=C)NC2=CC=C(N(C)C)CC2)CC1. The fourth-order valence-electron chi connectivity index (χ4n) is 2.86. The standard InChI is InChI=1S/C17H28N6/c1-13(20-14-5-7-16(8-6-14)22(3)4)23-11-9-15(10-12-23)21-17(18)19-2/h5,7,15,20H,1-2,6,8-12H2,3-4H3,(H2,18,21). The van der Waals surface area contributed by atoms with E-state index in [0.717, 1.165) is 44.6 Å². The molecule has 6 heteroatoms. The fraction of sp³-hybridized carbons (Fsp3) is 0.529. The zero-order chi connectivity index (χ0) is 16.8. The lowest BCUT2D eigenvalue weighted by Gasteiger charge is -2.34. The molecule has 0 unspecified atom stereocenters. The van der Waals surface area contributed by atoms with Crippen molar-refractivity contribution in [3.8, 4) is 0 Å². The monoisotopic (exact) mass is 316 g/mol.